The van der Waals surface area contributed by atoms with Crippen molar-refractivity contribution in [2.24, 2.45) is 0 Å². The Labute approximate surface area is 173 Å². The molecule has 1 heterocycles. The van der Waals surface area contributed by atoms with E-state index in [9.17, 15) is 9.90 Å². The first-order chi connectivity index (χ1) is 14.6. The summed E-state index contributed by atoms with van der Waals surface area (Å²) in [6.45, 7) is 0. The highest BCUT2D eigenvalue weighted by Gasteiger charge is 2.20. The maximum Gasteiger partial charge on any atom is 0.307 e. The molecule has 0 saturated carbocycles. The van der Waals surface area contributed by atoms with Gasteiger partial charge in [-0.05, 0) is 54.1 Å². The molecule has 0 saturated heterocycles. The quantitative estimate of drug-likeness (QED) is 0.439. The van der Waals surface area contributed by atoms with Crippen LogP contribution in [0.5, 0.6) is 23.0 Å². The summed E-state index contributed by atoms with van der Waals surface area (Å²) in [4.78, 5) is 15.0. The first-order valence-corrected chi connectivity index (χ1v) is 9.40. The molecule has 30 heavy (non-hydrogen) atoms. The van der Waals surface area contributed by atoms with E-state index in [4.69, 9.17) is 14.2 Å². The number of aromatic amines is 1. The van der Waals surface area contributed by atoms with Gasteiger partial charge >= 0.3 is 5.97 Å². The average Bonchev–Trinajstić information content (AvgIpc) is 3.11. The van der Waals surface area contributed by atoms with E-state index in [0.717, 1.165) is 16.5 Å². The van der Waals surface area contributed by atoms with Gasteiger partial charge in [0.05, 0.1) is 26.3 Å². The molecular formula is C24H21NO5. The summed E-state index contributed by atoms with van der Waals surface area (Å²) in [5, 5.41) is 10.3. The van der Waals surface area contributed by atoms with Gasteiger partial charge in [-0.3, -0.25) is 4.79 Å². The number of aromatic nitrogens is 1. The van der Waals surface area contributed by atoms with Crippen LogP contribution in [0, 0.1) is 0 Å². The summed E-state index contributed by atoms with van der Waals surface area (Å²) in [6.07, 6.45) is -0.148. The smallest absolute Gasteiger partial charge is 0.307 e. The number of rotatable bonds is 7. The molecular weight excluding hydrogens is 382 g/mol. The number of nitrogens with one attached hydrogen (secondary N) is 1. The van der Waals surface area contributed by atoms with Crippen molar-refractivity contribution in [2.45, 2.75) is 6.42 Å². The SMILES string of the molecule is COc1ccc(OC)c(-c2[nH]c3ccc(Oc4ccccc4)cc3c2CC(=O)O)c1. The van der Waals surface area contributed by atoms with Gasteiger partial charge in [0, 0.05) is 16.5 Å². The Morgan fingerprint density at radius 2 is 1.67 bits per heavy atom. The van der Waals surface area contributed by atoms with Crippen molar-refractivity contribution >= 4 is 16.9 Å². The molecule has 0 unspecified atom stereocenters. The first kappa shape index (κ1) is 19.4. The zero-order valence-corrected chi connectivity index (χ0v) is 16.6. The van der Waals surface area contributed by atoms with Crippen LogP contribution in [0.25, 0.3) is 22.2 Å². The number of H-pyrrole nitrogens is 1. The van der Waals surface area contributed by atoms with Crippen molar-refractivity contribution in [3.8, 4) is 34.3 Å². The lowest BCUT2D eigenvalue weighted by Gasteiger charge is -2.11. The van der Waals surface area contributed by atoms with Crippen LogP contribution in [0.3, 0.4) is 0 Å². The molecule has 4 rings (SSSR count). The van der Waals surface area contributed by atoms with Crippen molar-refractivity contribution in [1.29, 1.82) is 0 Å². The molecule has 1 aromatic heterocycles. The number of ether oxygens (including phenoxy) is 3. The number of carboxylic acid groups (broad SMARTS) is 1. The predicted octanol–water partition coefficient (Wildman–Crippen LogP) is 5.27. The molecule has 0 aliphatic rings. The van der Waals surface area contributed by atoms with Gasteiger partial charge in [0.25, 0.3) is 0 Å². The molecule has 0 radical (unpaired) electrons. The fraction of sp³-hybridized carbons (Fsp3) is 0.125. The minimum Gasteiger partial charge on any atom is -0.497 e. The highest BCUT2D eigenvalue weighted by molar-refractivity contribution is 5.95. The Kier molecular flexibility index (Phi) is 5.30. The van der Waals surface area contributed by atoms with Crippen molar-refractivity contribution < 1.29 is 24.1 Å². The monoisotopic (exact) mass is 403 g/mol. The van der Waals surface area contributed by atoms with E-state index in [2.05, 4.69) is 4.98 Å². The predicted molar refractivity (Wildman–Crippen MR) is 115 cm³/mol. The van der Waals surface area contributed by atoms with Gasteiger partial charge in [0.15, 0.2) is 0 Å². The van der Waals surface area contributed by atoms with E-state index >= 15 is 0 Å². The fourth-order valence-corrected chi connectivity index (χ4v) is 3.49. The molecule has 0 fully saturated rings. The molecule has 0 aliphatic carbocycles. The molecule has 0 aliphatic heterocycles. The topological polar surface area (TPSA) is 80.8 Å². The van der Waals surface area contributed by atoms with E-state index in [1.807, 2.05) is 54.6 Å². The molecule has 152 valence electrons. The molecule has 0 bridgehead atoms. The van der Waals surface area contributed by atoms with Crippen LogP contribution in [-0.4, -0.2) is 30.3 Å². The molecule has 4 aromatic rings. The highest BCUT2D eigenvalue weighted by atomic mass is 16.5. The van der Waals surface area contributed by atoms with E-state index < -0.39 is 5.97 Å². The Hall–Kier alpha value is -3.93. The number of fused-ring (bicyclic) bond motifs is 1. The summed E-state index contributed by atoms with van der Waals surface area (Å²) in [5.74, 6) is 1.69. The number of methoxy groups -OCH3 is 2. The average molecular weight is 403 g/mol. The van der Waals surface area contributed by atoms with Crippen LogP contribution in [0.2, 0.25) is 0 Å². The van der Waals surface area contributed by atoms with Crippen molar-refractivity contribution in [2.75, 3.05) is 14.2 Å². The van der Waals surface area contributed by atoms with Gasteiger partial charge in [-0.2, -0.15) is 0 Å². The van der Waals surface area contributed by atoms with Crippen LogP contribution in [0.4, 0.5) is 0 Å². The molecule has 6 nitrogen and oxygen atoms in total. The summed E-state index contributed by atoms with van der Waals surface area (Å²) >= 11 is 0. The van der Waals surface area contributed by atoms with Gasteiger partial charge in [-0.15, -0.1) is 0 Å². The number of para-hydroxylation sites is 1. The normalized spacial score (nSPS) is 10.7. The minimum atomic E-state index is -0.923. The van der Waals surface area contributed by atoms with Gasteiger partial charge in [0.2, 0.25) is 0 Å². The third kappa shape index (κ3) is 3.80. The molecule has 0 spiro atoms. The second-order valence-electron chi connectivity index (χ2n) is 6.74. The molecule has 0 atom stereocenters. The van der Waals surface area contributed by atoms with Gasteiger partial charge in [0.1, 0.15) is 23.0 Å². The molecule has 0 amide bonds. The third-order valence-corrected chi connectivity index (χ3v) is 4.86. The van der Waals surface area contributed by atoms with Crippen molar-refractivity contribution in [3.63, 3.8) is 0 Å². The summed E-state index contributed by atoms with van der Waals surface area (Å²) in [5.41, 5.74) is 2.88. The van der Waals surface area contributed by atoms with E-state index in [-0.39, 0.29) is 6.42 Å². The standard InChI is InChI=1S/C24H21NO5/c1-28-16-9-11-22(29-2)20(12-16)24-19(14-23(26)27)18-13-17(8-10-21(18)25-24)30-15-6-4-3-5-7-15/h3-13,25H,14H2,1-2H3,(H,26,27). The van der Waals surface area contributed by atoms with Crippen LogP contribution < -0.4 is 14.2 Å². The van der Waals surface area contributed by atoms with Gasteiger partial charge in [-0.1, -0.05) is 18.2 Å². The van der Waals surface area contributed by atoms with Crippen LogP contribution in [-0.2, 0) is 11.2 Å². The molecule has 6 heteroatoms. The lowest BCUT2D eigenvalue weighted by Crippen LogP contribution is -2.01. The Balaban J connectivity index is 1.87. The summed E-state index contributed by atoms with van der Waals surface area (Å²) in [6, 6.07) is 20.5. The van der Waals surface area contributed by atoms with E-state index in [0.29, 0.717) is 34.3 Å². The van der Waals surface area contributed by atoms with Crippen LogP contribution in [0.15, 0.2) is 66.7 Å². The van der Waals surface area contributed by atoms with Crippen molar-refractivity contribution in [3.05, 3.63) is 72.3 Å². The Morgan fingerprint density at radius 3 is 2.37 bits per heavy atom. The number of carboxylic acids is 1. The van der Waals surface area contributed by atoms with Gasteiger partial charge < -0.3 is 24.3 Å². The summed E-state index contributed by atoms with van der Waals surface area (Å²) in [7, 11) is 3.17. The maximum atomic E-state index is 11.6. The van der Waals surface area contributed by atoms with Crippen molar-refractivity contribution in [1.82, 2.24) is 4.98 Å². The van der Waals surface area contributed by atoms with Crippen LogP contribution >= 0.6 is 0 Å². The molecule has 3 aromatic carbocycles. The largest absolute Gasteiger partial charge is 0.497 e. The zero-order valence-electron chi connectivity index (χ0n) is 16.6. The number of aliphatic carboxylic acids is 1. The van der Waals surface area contributed by atoms with Crippen LogP contribution in [0.1, 0.15) is 5.56 Å². The van der Waals surface area contributed by atoms with E-state index in [1.54, 1.807) is 26.4 Å². The number of hydrogen-bond donors (Lipinski definition) is 2. The second kappa shape index (κ2) is 8.21. The highest BCUT2D eigenvalue weighted by Crippen LogP contribution is 2.39. The third-order valence-electron chi connectivity index (χ3n) is 4.86. The zero-order chi connectivity index (χ0) is 21.1. The fourth-order valence-electron chi connectivity index (χ4n) is 3.49. The minimum absolute atomic E-state index is 0.148. The maximum absolute atomic E-state index is 11.6. The summed E-state index contributed by atoms with van der Waals surface area (Å²) < 4.78 is 16.8. The Bertz CT molecular complexity index is 1200. The number of benzene rings is 3. The lowest BCUT2D eigenvalue weighted by atomic mass is 10.0. The number of hydrogen-bond acceptors (Lipinski definition) is 4. The Morgan fingerprint density at radius 1 is 0.900 bits per heavy atom. The number of carbonyl (C=O) groups is 1. The van der Waals surface area contributed by atoms with E-state index in [1.165, 1.54) is 0 Å². The molecule has 2 N–H and O–H groups in total. The lowest BCUT2D eigenvalue weighted by molar-refractivity contribution is -0.136. The van der Waals surface area contributed by atoms with Gasteiger partial charge in [-0.25, -0.2) is 0 Å². The second-order valence-corrected chi connectivity index (χ2v) is 6.74. The first-order valence-electron chi connectivity index (χ1n) is 9.40.